The molecule has 0 aromatic rings. The summed E-state index contributed by atoms with van der Waals surface area (Å²) in [7, 11) is 0. The van der Waals surface area contributed by atoms with Crippen LogP contribution in [0.2, 0.25) is 0 Å². The molecule has 0 aliphatic carbocycles. The Labute approximate surface area is 50.2 Å². The van der Waals surface area contributed by atoms with Crippen LogP contribution in [0.5, 0.6) is 0 Å². The van der Waals surface area contributed by atoms with Crippen LogP contribution in [0.25, 0.3) is 0 Å². The summed E-state index contributed by atoms with van der Waals surface area (Å²) in [6, 6.07) is 0. The number of alkyl halides is 1. The van der Waals surface area contributed by atoms with Crippen molar-refractivity contribution in [3.05, 3.63) is 0 Å². The summed E-state index contributed by atoms with van der Waals surface area (Å²) in [5.74, 6) is 0.584. The maximum absolute atomic E-state index is 10.1. The topological polar surface area (TPSA) is 26.3 Å². The van der Waals surface area contributed by atoms with Gasteiger partial charge in [0.2, 0.25) is 0 Å². The maximum atomic E-state index is 10.1. The van der Waals surface area contributed by atoms with Crippen LogP contribution >= 0.6 is 23.4 Å². The predicted octanol–water partition coefficient (Wildman–Crippen LogP) is 1.43. The number of cyclic esters (lactones) is 1. The summed E-state index contributed by atoms with van der Waals surface area (Å²) in [4.78, 5) is 10.1. The zero-order valence-corrected chi connectivity index (χ0v) is 4.96. The van der Waals surface area contributed by atoms with Crippen LogP contribution in [0.3, 0.4) is 0 Å². The number of hydrogen-bond acceptors (Lipinski definition) is 3. The first kappa shape index (κ1) is 5.25. The van der Waals surface area contributed by atoms with Crippen molar-refractivity contribution in [1.29, 1.82) is 0 Å². The zero-order valence-electron chi connectivity index (χ0n) is 3.39. The second kappa shape index (κ2) is 1.92. The van der Waals surface area contributed by atoms with E-state index in [-0.39, 0.29) is 5.30 Å². The molecule has 0 N–H and O–H groups in total. The van der Waals surface area contributed by atoms with Crippen LogP contribution in [0.1, 0.15) is 0 Å². The summed E-state index contributed by atoms with van der Waals surface area (Å²) < 4.78 is 4.45. The van der Waals surface area contributed by atoms with E-state index in [4.69, 9.17) is 11.6 Å². The smallest absolute Gasteiger partial charge is 0.368 e. The highest BCUT2D eigenvalue weighted by Crippen LogP contribution is 2.21. The van der Waals surface area contributed by atoms with Gasteiger partial charge in [0.15, 0.2) is 5.56 Å². The van der Waals surface area contributed by atoms with Gasteiger partial charge < -0.3 is 4.74 Å². The largest absolute Gasteiger partial charge is 0.437 e. The highest BCUT2D eigenvalue weighted by Gasteiger charge is 2.20. The normalized spacial score (nSPS) is 30.4. The molecule has 1 unspecified atom stereocenters. The van der Waals surface area contributed by atoms with E-state index in [1.807, 2.05) is 0 Å². The third-order valence-electron chi connectivity index (χ3n) is 0.556. The Morgan fingerprint density at radius 2 is 2.71 bits per heavy atom. The summed E-state index contributed by atoms with van der Waals surface area (Å²) in [6.45, 7) is 0. The van der Waals surface area contributed by atoms with Crippen molar-refractivity contribution < 1.29 is 9.53 Å². The second-order valence-corrected chi connectivity index (χ2v) is 2.53. The summed E-state index contributed by atoms with van der Waals surface area (Å²) in [5.41, 5.74) is -0.391. The van der Waals surface area contributed by atoms with E-state index in [0.29, 0.717) is 5.75 Å². The molecule has 7 heavy (non-hydrogen) atoms. The van der Waals surface area contributed by atoms with E-state index in [9.17, 15) is 4.79 Å². The van der Waals surface area contributed by atoms with Gasteiger partial charge in [0, 0.05) is 0 Å². The highest BCUT2D eigenvalue weighted by atomic mass is 35.5. The van der Waals surface area contributed by atoms with E-state index in [2.05, 4.69) is 4.74 Å². The molecule has 0 amide bonds. The zero-order chi connectivity index (χ0) is 5.28. The fourth-order valence-corrected chi connectivity index (χ4v) is 1.15. The molecule has 40 valence electrons. The third-order valence-corrected chi connectivity index (χ3v) is 1.78. The number of carbonyl (C=O) groups excluding carboxylic acids is 1. The van der Waals surface area contributed by atoms with Crippen LogP contribution in [0, 0.1) is 0 Å². The Morgan fingerprint density at radius 1 is 2.00 bits per heavy atom. The van der Waals surface area contributed by atoms with Crippen molar-refractivity contribution in [2.24, 2.45) is 0 Å². The van der Waals surface area contributed by atoms with Crippen LogP contribution < -0.4 is 0 Å². The molecule has 0 spiro atoms. The van der Waals surface area contributed by atoms with Gasteiger partial charge in [-0.25, -0.2) is 4.79 Å². The van der Waals surface area contributed by atoms with Crippen molar-refractivity contribution in [3.63, 3.8) is 0 Å². The molecule has 1 saturated heterocycles. The number of rotatable bonds is 0. The Balaban J connectivity index is 2.40. The van der Waals surface area contributed by atoms with Gasteiger partial charge in [-0.2, -0.15) is 0 Å². The lowest BCUT2D eigenvalue weighted by Crippen LogP contribution is -1.97. The Hall–Kier alpha value is 0.110. The van der Waals surface area contributed by atoms with E-state index >= 15 is 0 Å². The minimum absolute atomic E-state index is 0.264. The van der Waals surface area contributed by atoms with Crippen molar-refractivity contribution in [2.45, 2.75) is 5.56 Å². The lowest BCUT2D eigenvalue weighted by Gasteiger charge is -1.91. The molecule has 0 aromatic carbocycles. The number of hydrogen-bond donors (Lipinski definition) is 0. The standard InChI is InChI=1S/C3H3ClO2S/c4-2-1-7-3(5)6-2/h2H,1H2. The van der Waals surface area contributed by atoms with Gasteiger partial charge in [0.25, 0.3) is 0 Å². The fourth-order valence-electron chi connectivity index (χ4n) is 0.306. The molecule has 0 bridgehead atoms. The van der Waals surface area contributed by atoms with Crippen LogP contribution in [0.4, 0.5) is 4.79 Å². The van der Waals surface area contributed by atoms with E-state index < -0.39 is 5.56 Å². The van der Waals surface area contributed by atoms with E-state index in [1.165, 1.54) is 0 Å². The van der Waals surface area contributed by atoms with Gasteiger partial charge in [0.05, 0.1) is 5.75 Å². The molecule has 2 nitrogen and oxygen atoms in total. The SMILES string of the molecule is O=C1OC(Cl)CS1. The molecular formula is C3H3ClO2S. The molecule has 4 heteroatoms. The average Bonchev–Trinajstić information content (AvgIpc) is 1.87. The summed E-state index contributed by atoms with van der Waals surface area (Å²) >= 11 is 6.46. The second-order valence-electron chi connectivity index (χ2n) is 1.09. The van der Waals surface area contributed by atoms with Gasteiger partial charge in [-0.3, -0.25) is 0 Å². The monoisotopic (exact) mass is 138 g/mol. The molecule has 1 heterocycles. The highest BCUT2D eigenvalue weighted by molar-refractivity contribution is 8.13. The Kier molecular flexibility index (Phi) is 1.44. The molecule has 1 aliphatic heterocycles. The minimum atomic E-state index is -0.391. The van der Waals surface area contributed by atoms with Crippen LogP contribution in [-0.2, 0) is 4.74 Å². The first-order chi connectivity index (χ1) is 3.29. The third kappa shape index (κ3) is 1.24. The molecule has 1 rings (SSSR count). The molecule has 0 aromatic heterocycles. The van der Waals surface area contributed by atoms with Crippen molar-refractivity contribution in [1.82, 2.24) is 0 Å². The molecule has 0 saturated carbocycles. The molecular weight excluding hydrogens is 136 g/mol. The molecule has 1 aliphatic rings. The molecule has 1 atom stereocenters. The molecule has 1 fully saturated rings. The maximum Gasteiger partial charge on any atom is 0.368 e. The van der Waals surface area contributed by atoms with Crippen LogP contribution in [-0.4, -0.2) is 16.6 Å². The number of halogens is 1. The van der Waals surface area contributed by atoms with Gasteiger partial charge in [-0.1, -0.05) is 11.6 Å². The van der Waals surface area contributed by atoms with E-state index in [1.54, 1.807) is 0 Å². The lowest BCUT2D eigenvalue weighted by molar-refractivity contribution is 0.176. The minimum Gasteiger partial charge on any atom is -0.437 e. The van der Waals surface area contributed by atoms with Gasteiger partial charge in [0.1, 0.15) is 0 Å². The first-order valence-corrected chi connectivity index (χ1v) is 3.19. The number of thioether (sulfide) groups is 1. The van der Waals surface area contributed by atoms with Crippen molar-refractivity contribution >= 4 is 28.7 Å². The van der Waals surface area contributed by atoms with Gasteiger partial charge in [-0.15, -0.1) is 0 Å². The fraction of sp³-hybridized carbons (Fsp3) is 0.667. The Bertz CT molecular complexity index is 94.9. The Morgan fingerprint density at radius 3 is 2.86 bits per heavy atom. The number of ether oxygens (including phenoxy) is 1. The van der Waals surface area contributed by atoms with E-state index in [0.717, 1.165) is 11.8 Å². The van der Waals surface area contributed by atoms with Gasteiger partial charge >= 0.3 is 5.30 Å². The first-order valence-electron chi connectivity index (χ1n) is 1.76. The molecule has 0 radical (unpaired) electrons. The van der Waals surface area contributed by atoms with Gasteiger partial charge in [-0.05, 0) is 11.8 Å². The van der Waals surface area contributed by atoms with Crippen molar-refractivity contribution in [3.8, 4) is 0 Å². The lowest BCUT2D eigenvalue weighted by atomic mass is 10.9. The predicted molar refractivity (Wildman–Crippen MR) is 28.6 cm³/mol. The van der Waals surface area contributed by atoms with Crippen LogP contribution in [0.15, 0.2) is 0 Å². The quantitative estimate of drug-likeness (QED) is 0.374. The summed E-state index contributed by atoms with van der Waals surface area (Å²) in [6.07, 6.45) is 0. The van der Waals surface area contributed by atoms with Crippen molar-refractivity contribution in [2.75, 3.05) is 5.75 Å². The average molecular weight is 139 g/mol. The summed E-state index contributed by atoms with van der Waals surface area (Å²) in [5, 5.41) is -0.264. The number of carbonyl (C=O) groups is 1.